The zero-order chi connectivity index (χ0) is 18.0. The molecule has 1 fully saturated rings. The van der Waals surface area contributed by atoms with Crippen molar-refractivity contribution < 1.29 is 14.6 Å². The summed E-state index contributed by atoms with van der Waals surface area (Å²) in [6.45, 7) is 2.49. The molecule has 0 saturated carbocycles. The van der Waals surface area contributed by atoms with Gasteiger partial charge in [0.1, 0.15) is 17.2 Å². The first-order chi connectivity index (χ1) is 12.0. The van der Waals surface area contributed by atoms with E-state index in [0.717, 1.165) is 5.75 Å². The van der Waals surface area contributed by atoms with Crippen molar-refractivity contribution >= 4 is 35.0 Å². The molecule has 1 heterocycles. The van der Waals surface area contributed by atoms with Gasteiger partial charge in [0, 0.05) is 12.6 Å². The van der Waals surface area contributed by atoms with E-state index >= 15 is 0 Å². The number of para-hydroxylation sites is 1. The number of thiocarbonyl (C=S) groups is 1. The molecule has 1 saturated heterocycles. The normalized spacial score (nSPS) is 16.0. The number of hydrogen-bond donors (Lipinski definition) is 1. The van der Waals surface area contributed by atoms with Crippen LogP contribution in [0.3, 0.4) is 0 Å². The lowest BCUT2D eigenvalue weighted by atomic mass is 10.1. The number of likely N-dealkylation sites (N-methyl/N-ethyl adjacent to an activating group) is 1. The van der Waals surface area contributed by atoms with E-state index in [4.69, 9.17) is 17.0 Å². The lowest BCUT2D eigenvalue weighted by Crippen LogP contribution is -2.31. The number of amides is 1. The summed E-state index contributed by atoms with van der Waals surface area (Å²) in [7, 11) is 1.74. The predicted molar refractivity (Wildman–Crippen MR) is 102 cm³/mol. The van der Waals surface area contributed by atoms with Crippen LogP contribution < -0.4 is 9.64 Å². The maximum absolute atomic E-state index is 12.9. The Kier molecular flexibility index (Phi) is 4.72. The fourth-order valence-corrected chi connectivity index (χ4v) is 2.89. The highest BCUT2D eigenvalue weighted by molar-refractivity contribution is 7.80. The van der Waals surface area contributed by atoms with E-state index in [1.54, 1.807) is 66.6 Å². The molecular weight excluding hydrogens is 336 g/mol. The van der Waals surface area contributed by atoms with Crippen LogP contribution >= 0.6 is 12.2 Å². The molecule has 1 aliphatic heterocycles. The quantitative estimate of drug-likeness (QED) is 0.674. The third-order valence-corrected chi connectivity index (χ3v) is 4.35. The van der Waals surface area contributed by atoms with E-state index in [2.05, 4.69) is 0 Å². The number of hydrogen-bond acceptors (Lipinski definition) is 4. The molecule has 0 aromatic heterocycles. The number of carbonyl (C=O) groups is 1. The standard InChI is InChI=1S/C19H18N2O3S/c1-3-24-15-10-8-14(9-11-15)21-18(23)16(20(2)19(21)25)12-13-6-4-5-7-17(13)22/h4-12,22H,3H2,1-2H3/b16-12-. The highest BCUT2D eigenvalue weighted by Crippen LogP contribution is 2.30. The summed E-state index contributed by atoms with van der Waals surface area (Å²) in [5, 5.41) is 10.3. The summed E-state index contributed by atoms with van der Waals surface area (Å²) in [6.07, 6.45) is 1.64. The van der Waals surface area contributed by atoms with Crippen molar-refractivity contribution in [3.8, 4) is 11.5 Å². The van der Waals surface area contributed by atoms with Crippen LogP contribution in [0.5, 0.6) is 11.5 Å². The second-order valence-corrected chi connectivity index (χ2v) is 5.86. The fourth-order valence-electron chi connectivity index (χ4n) is 2.60. The predicted octanol–water partition coefficient (Wildman–Crippen LogP) is 3.40. The van der Waals surface area contributed by atoms with E-state index in [-0.39, 0.29) is 11.7 Å². The lowest BCUT2D eigenvalue weighted by Gasteiger charge is -2.16. The van der Waals surface area contributed by atoms with Crippen LogP contribution in [-0.2, 0) is 4.79 Å². The molecular formula is C19H18N2O3S. The molecule has 0 spiro atoms. The number of ether oxygens (including phenoxy) is 1. The van der Waals surface area contributed by atoms with Gasteiger partial charge in [0.25, 0.3) is 5.91 Å². The van der Waals surface area contributed by atoms with Crippen LogP contribution in [0.15, 0.2) is 54.2 Å². The Bertz CT molecular complexity index is 846. The van der Waals surface area contributed by atoms with E-state index in [9.17, 15) is 9.90 Å². The number of phenols is 1. The van der Waals surface area contributed by atoms with Crippen LogP contribution in [-0.4, -0.2) is 34.7 Å². The first-order valence-electron chi connectivity index (χ1n) is 7.87. The summed E-state index contributed by atoms with van der Waals surface area (Å²) in [6, 6.07) is 14.1. The van der Waals surface area contributed by atoms with Crippen molar-refractivity contribution in [2.45, 2.75) is 6.92 Å². The van der Waals surface area contributed by atoms with Crippen molar-refractivity contribution in [1.82, 2.24) is 4.90 Å². The molecule has 2 aromatic carbocycles. The summed E-state index contributed by atoms with van der Waals surface area (Å²) in [4.78, 5) is 16.0. The Balaban J connectivity index is 1.94. The largest absolute Gasteiger partial charge is 0.507 e. The molecule has 0 bridgehead atoms. The molecule has 2 aromatic rings. The smallest absolute Gasteiger partial charge is 0.281 e. The highest BCUT2D eigenvalue weighted by atomic mass is 32.1. The van der Waals surface area contributed by atoms with Gasteiger partial charge in [-0.05, 0) is 55.5 Å². The van der Waals surface area contributed by atoms with Gasteiger partial charge in [0.2, 0.25) is 0 Å². The third kappa shape index (κ3) is 3.21. The monoisotopic (exact) mass is 354 g/mol. The SMILES string of the molecule is CCOc1ccc(N2C(=O)/C(=C/c3ccccc3O)N(C)C2=S)cc1. The Morgan fingerprint density at radius 3 is 2.48 bits per heavy atom. The first-order valence-corrected chi connectivity index (χ1v) is 8.28. The fraction of sp³-hybridized carbons (Fsp3) is 0.158. The number of carbonyl (C=O) groups excluding carboxylic acids is 1. The van der Waals surface area contributed by atoms with Gasteiger partial charge >= 0.3 is 0 Å². The van der Waals surface area contributed by atoms with Gasteiger partial charge < -0.3 is 14.7 Å². The Labute approximate surface area is 151 Å². The van der Waals surface area contributed by atoms with Crippen LogP contribution in [0.4, 0.5) is 5.69 Å². The maximum atomic E-state index is 12.9. The van der Waals surface area contributed by atoms with Crippen LogP contribution in [0.1, 0.15) is 12.5 Å². The molecule has 0 aliphatic carbocycles. The van der Waals surface area contributed by atoms with Gasteiger partial charge in [0.15, 0.2) is 5.11 Å². The zero-order valence-electron chi connectivity index (χ0n) is 14.0. The lowest BCUT2D eigenvalue weighted by molar-refractivity contribution is -0.114. The highest BCUT2D eigenvalue weighted by Gasteiger charge is 2.36. The second-order valence-electron chi connectivity index (χ2n) is 5.50. The van der Waals surface area contributed by atoms with Gasteiger partial charge in [-0.1, -0.05) is 18.2 Å². The second kappa shape index (κ2) is 6.94. The number of rotatable bonds is 4. The van der Waals surface area contributed by atoms with Crippen molar-refractivity contribution in [3.63, 3.8) is 0 Å². The minimum absolute atomic E-state index is 0.113. The van der Waals surface area contributed by atoms with Crippen LogP contribution in [0.25, 0.3) is 6.08 Å². The Morgan fingerprint density at radius 2 is 1.84 bits per heavy atom. The van der Waals surface area contributed by atoms with Gasteiger partial charge in [0.05, 0.1) is 12.3 Å². The first kappa shape index (κ1) is 17.0. The number of phenolic OH excluding ortho intramolecular Hbond substituents is 1. The third-order valence-electron chi connectivity index (χ3n) is 3.90. The zero-order valence-corrected chi connectivity index (χ0v) is 14.8. The summed E-state index contributed by atoms with van der Waals surface area (Å²) in [5.41, 5.74) is 1.64. The van der Waals surface area contributed by atoms with Gasteiger partial charge in [-0.15, -0.1) is 0 Å². The Hall–Kier alpha value is -2.86. The maximum Gasteiger partial charge on any atom is 0.281 e. The number of aromatic hydroxyl groups is 1. The molecule has 1 N–H and O–H groups in total. The molecule has 0 radical (unpaired) electrons. The molecule has 0 unspecified atom stereocenters. The van der Waals surface area contributed by atoms with Crippen molar-refractivity contribution in [2.24, 2.45) is 0 Å². The number of nitrogens with zero attached hydrogens (tertiary/aromatic N) is 2. The number of anilines is 1. The summed E-state index contributed by atoms with van der Waals surface area (Å²) in [5.74, 6) is 0.615. The van der Waals surface area contributed by atoms with Gasteiger partial charge in [-0.3, -0.25) is 9.69 Å². The van der Waals surface area contributed by atoms with E-state index < -0.39 is 0 Å². The minimum Gasteiger partial charge on any atom is -0.507 e. The van der Waals surface area contributed by atoms with Gasteiger partial charge in [-0.25, -0.2) is 0 Å². The van der Waals surface area contributed by atoms with Crippen molar-refractivity contribution in [2.75, 3.05) is 18.6 Å². The van der Waals surface area contributed by atoms with Crippen LogP contribution in [0.2, 0.25) is 0 Å². The molecule has 6 heteroatoms. The molecule has 1 aliphatic rings. The molecule has 128 valence electrons. The van der Waals surface area contributed by atoms with Crippen molar-refractivity contribution in [1.29, 1.82) is 0 Å². The number of benzene rings is 2. The summed E-state index contributed by atoms with van der Waals surface area (Å²) < 4.78 is 5.43. The van der Waals surface area contributed by atoms with Gasteiger partial charge in [-0.2, -0.15) is 0 Å². The molecule has 3 rings (SSSR count). The average Bonchev–Trinajstić information content (AvgIpc) is 2.81. The molecule has 5 nitrogen and oxygen atoms in total. The van der Waals surface area contributed by atoms with E-state index in [0.29, 0.717) is 28.7 Å². The molecule has 25 heavy (non-hydrogen) atoms. The summed E-state index contributed by atoms with van der Waals surface area (Å²) >= 11 is 5.43. The minimum atomic E-state index is -0.236. The van der Waals surface area contributed by atoms with E-state index in [1.165, 1.54) is 4.90 Å². The van der Waals surface area contributed by atoms with Crippen molar-refractivity contribution in [3.05, 3.63) is 59.8 Å². The topological polar surface area (TPSA) is 53.0 Å². The average molecular weight is 354 g/mol. The van der Waals surface area contributed by atoms with Crippen LogP contribution in [0, 0.1) is 0 Å². The molecule has 1 amide bonds. The Morgan fingerprint density at radius 1 is 1.16 bits per heavy atom. The molecule has 0 atom stereocenters. The van der Waals surface area contributed by atoms with E-state index in [1.807, 2.05) is 6.92 Å².